The third-order valence-electron chi connectivity index (χ3n) is 3.91. The molecule has 0 saturated heterocycles. The van der Waals surface area contributed by atoms with Crippen LogP contribution in [0.25, 0.3) is 16.9 Å². The monoisotopic (exact) mass is 358 g/mol. The number of benzene rings is 1. The molecule has 0 radical (unpaired) electrons. The van der Waals surface area contributed by atoms with Crippen molar-refractivity contribution >= 4 is 21.6 Å². The average Bonchev–Trinajstić information content (AvgIpc) is 2.86. The molecule has 0 atom stereocenters. The predicted octanol–water partition coefficient (Wildman–Crippen LogP) is 4.69. The zero-order chi connectivity index (χ0) is 15.9. The topological polar surface area (TPSA) is 37.5 Å². The zero-order valence-corrected chi connectivity index (χ0v) is 14.6. The molecule has 0 aliphatic carbocycles. The second-order valence-electron chi connectivity index (χ2n) is 5.90. The molecule has 2 aromatic heterocycles. The molecule has 0 amide bonds. The lowest BCUT2D eigenvalue weighted by Gasteiger charge is -2.07. The zero-order valence-electron chi connectivity index (χ0n) is 13.0. The average molecular weight is 359 g/mol. The number of hydrogen-bond acceptors (Lipinski definition) is 2. The van der Waals surface area contributed by atoms with E-state index in [1.807, 2.05) is 23.6 Å². The molecule has 22 heavy (non-hydrogen) atoms. The van der Waals surface area contributed by atoms with Gasteiger partial charge in [0.25, 0.3) is 0 Å². The summed E-state index contributed by atoms with van der Waals surface area (Å²) in [5, 5.41) is 9.82. The Morgan fingerprint density at radius 2 is 1.91 bits per heavy atom. The van der Waals surface area contributed by atoms with Gasteiger partial charge in [-0.05, 0) is 46.0 Å². The first-order valence-electron chi connectivity index (χ1n) is 7.39. The van der Waals surface area contributed by atoms with Gasteiger partial charge in [-0.1, -0.05) is 38.1 Å². The number of hydrogen-bond donors (Lipinski definition) is 1. The van der Waals surface area contributed by atoms with Gasteiger partial charge in [-0.25, -0.2) is 4.98 Å². The number of aliphatic hydroxyl groups excluding tert-OH is 1. The van der Waals surface area contributed by atoms with Crippen LogP contribution in [0.4, 0.5) is 0 Å². The van der Waals surface area contributed by atoms with Gasteiger partial charge < -0.3 is 5.11 Å². The van der Waals surface area contributed by atoms with Crippen LogP contribution in [0, 0.1) is 6.92 Å². The number of rotatable bonds is 3. The summed E-state index contributed by atoms with van der Waals surface area (Å²) in [5.41, 5.74) is 5.93. The van der Waals surface area contributed by atoms with Crippen molar-refractivity contribution in [3.8, 4) is 11.3 Å². The van der Waals surface area contributed by atoms with E-state index in [0.717, 1.165) is 32.6 Å². The minimum atomic E-state index is -0.0433. The third kappa shape index (κ3) is 2.57. The smallest absolute Gasteiger partial charge is 0.152 e. The van der Waals surface area contributed by atoms with E-state index in [9.17, 15) is 5.11 Å². The van der Waals surface area contributed by atoms with Crippen LogP contribution in [0.5, 0.6) is 0 Å². The van der Waals surface area contributed by atoms with Gasteiger partial charge >= 0.3 is 0 Å². The van der Waals surface area contributed by atoms with Crippen LogP contribution >= 0.6 is 15.9 Å². The quantitative estimate of drug-likeness (QED) is 0.737. The molecule has 3 rings (SSSR count). The van der Waals surface area contributed by atoms with Crippen LogP contribution in [0.3, 0.4) is 0 Å². The van der Waals surface area contributed by atoms with E-state index in [4.69, 9.17) is 4.98 Å². The first kappa shape index (κ1) is 15.3. The summed E-state index contributed by atoms with van der Waals surface area (Å²) in [6.07, 6.45) is 2.00. The highest BCUT2D eigenvalue weighted by Crippen LogP contribution is 2.29. The van der Waals surface area contributed by atoms with Crippen molar-refractivity contribution in [3.05, 3.63) is 57.8 Å². The maximum atomic E-state index is 9.82. The van der Waals surface area contributed by atoms with Gasteiger partial charge in [0.2, 0.25) is 0 Å². The van der Waals surface area contributed by atoms with Gasteiger partial charge in [0.1, 0.15) is 0 Å². The molecule has 1 N–H and O–H groups in total. The maximum absolute atomic E-state index is 9.82. The Bertz CT molecular complexity index is 819. The van der Waals surface area contributed by atoms with Gasteiger partial charge in [0.15, 0.2) is 5.65 Å². The minimum Gasteiger partial charge on any atom is -0.390 e. The van der Waals surface area contributed by atoms with Crippen LogP contribution in [-0.2, 0) is 6.61 Å². The number of halogens is 1. The normalized spacial score (nSPS) is 11.5. The summed E-state index contributed by atoms with van der Waals surface area (Å²) >= 11 is 3.56. The Labute approximate surface area is 138 Å². The van der Waals surface area contributed by atoms with Crippen molar-refractivity contribution in [1.29, 1.82) is 0 Å². The van der Waals surface area contributed by atoms with Gasteiger partial charge in [-0.3, -0.25) is 4.40 Å². The lowest BCUT2D eigenvalue weighted by atomic mass is 10.0. The number of aryl methyl sites for hydroxylation is 1. The van der Waals surface area contributed by atoms with Gasteiger partial charge in [0, 0.05) is 11.8 Å². The molecular weight excluding hydrogens is 340 g/mol. The summed E-state index contributed by atoms with van der Waals surface area (Å²) in [6, 6.07) is 10.5. The van der Waals surface area contributed by atoms with E-state index in [0.29, 0.717) is 5.92 Å². The van der Waals surface area contributed by atoms with Crippen LogP contribution in [0.15, 0.2) is 41.0 Å². The van der Waals surface area contributed by atoms with E-state index >= 15 is 0 Å². The van der Waals surface area contributed by atoms with Crippen LogP contribution < -0.4 is 0 Å². The fourth-order valence-corrected chi connectivity index (χ4v) is 3.33. The fraction of sp³-hybridized carbons (Fsp3) is 0.278. The van der Waals surface area contributed by atoms with Crippen molar-refractivity contribution in [2.24, 2.45) is 0 Å². The van der Waals surface area contributed by atoms with Gasteiger partial charge in [0.05, 0.1) is 22.5 Å². The van der Waals surface area contributed by atoms with Crippen LogP contribution in [-0.4, -0.2) is 14.5 Å². The molecule has 114 valence electrons. The number of fused-ring (bicyclic) bond motifs is 1. The molecule has 1 aromatic carbocycles. The molecule has 0 spiro atoms. The Hall–Kier alpha value is -1.65. The standard InChI is InChI=1S/C18H19BrN2O/c1-11(2)13-4-6-14(7-5-13)17-16(10-22)21-9-12(3)8-15(19)18(21)20-17/h4-9,11,22H,10H2,1-3H3. The van der Waals surface area contributed by atoms with Crippen molar-refractivity contribution in [3.63, 3.8) is 0 Å². The van der Waals surface area contributed by atoms with Crippen LogP contribution in [0.1, 0.15) is 36.6 Å². The lowest BCUT2D eigenvalue weighted by Crippen LogP contribution is -1.95. The number of nitrogens with zero attached hydrogens (tertiary/aromatic N) is 2. The first-order chi connectivity index (χ1) is 10.5. The highest BCUT2D eigenvalue weighted by molar-refractivity contribution is 9.10. The highest BCUT2D eigenvalue weighted by atomic mass is 79.9. The van der Waals surface area contributed by atoms with E-state index in [-0.39, 0.29) is 6.61 Å². The minimum absolute atomic E-state index is 0.0433. The van der Waals surface area contributed by atoms with E-state index in [1.165, 1.54) is 5.56 Å². The fourth-order valence-electron chi connectivity index (χ4n) is 2.69. The van der Waals surface area contributed by atoms with E-state index in [2.05, 4.69) is 54.0 Å². The molecule has 0 fully saturated rings. The number of pyridine rings is 1. The van der Waals surface area contributed by atoms with E-state index < -0.39 is 0 Å². The van der Waals surface area contributed by atoms with Gasteiger partial charge in [-0.15, -0.1) is 0 Å². The van der Waals surface area contributed by atoms with Crippen molar-refractivity contribution in [2.75, 3.05) is 0 Å². The summed E-state index contributed by atoms with van der Waals surface area (Å²) in [5.74, 6) is 0.504. The van der Waals surface area contributed by atoms with Crippen LogP contribution in [0.2, 0.25) is 0 Å². The molecule has 0 aliphatic rings. The number of imidazole rings is 1. The molecule has 2 heterocycles. The van der Waals surface area contributed by atoms with Crippen molar-refractivity contribution in [1.82, 2.24) is 9.38 Å². The second-order valence-corrected chi connectivity index (χ2v) is 6.76. The number of aliphatic hydroxyl groups is 1. The Kier molecular flexibility index (Phi) is 4.06. The summed E-state index contributed by atoms with van der Waals surface area (Å²) in [6.45, 7) is 6.35. The Morgan fingerprint density at radius 3 is 2.50 bits per heavy atom. The van der Waals surface area contributed by atoms with E-state index in [1.54, 1.807) is 0 Å². The first-order valence-corrected chi connectivity index (χ1v) is 8.19. The number of aromatic nitrogens is 2. The SMILES string of the molecule is Cc1cc(Br)c2nc(-c3ccc(C(C)C)cc3)c(CO)n2c1. The second kappa shape index (κ2) is 5.86. The molecule has 0 bridgehead atoms. The summed E-state index contributed by atoms with van der Waals surface area (Å²) < 4.78 is 2.90. The van der Waals surface area contributed by atoms with Crippen molar-refractivity contribution < 1.29 is 5.11 Å². The lowest BCUT2D eigenvalue weighted by molar-refractivity contribution is 0.276. The summed E-state index contributed by atoms with van der Waals surface area (Å²) in [7, 11) is 0. The molecule has 3 aromatic rings. The Morgan fingerprint density at radius 1 is 1.23 bits per heavy atom. The molecule has 0 aliphatic heterocycles. The Balaban J connectivity index is 2.20. The molecule has 3 nitrogen and oxygen atoms in total. The summed E-state index contributed by atoms with van der Waals surface area (Å²) in [4.78, 5) is 4.73. The highest BCUT2D eigenvalue weighted by Gasteiger charge is 2.15. The van der Waals surface area contributed by atoms with Gasteiger partial charge in [-0.2, -0.15) is 0 Å². The largest absolute Gasteiger partial charge is 0.390 e. The maximum Gasteiger partial charge on any atom is 0.152 e. The third-order valence-corrected chi connectivity index (χ3v) is 4.49. The molecule has 0 saturated carbocycles. The predicted molar refractivity (Wildman–Crippen MR) is 93.1 cm³/mol. The molecule has 4 heteroatoms. The van der Waals surface area contributed by atoms with Crippen molar-refractivity contribution in [2.45, 2.75) is 33.3 Å². The molecular formula is C18H19BrN2O. The molecule has 0 unspecified atom stereocenters.